The van der Waals surface area contributed by atoms with Crippen molar-refractivity contribution in [2.75, 3.05) is 11.9 Å². The molecule has 0 radical (unpaired) electrons. The van der Waals surface area contributed by atoms with Gasteiger partial charge in [-0.05, 0) is 36.6 Å². The van der Waals surface area contributed by atoms with E-state index in [1.54, 1.807) is 18.2 Å². The van der Waals surface area contributed by atoms with Crippen LogP contribution in [0.5, 0.6) is 0 Å². The number of hydrogen-bond donors (Lipinski definition) is 3. The Morgan fingerprint density at radius 2 is 1.90 bits per heavy atom. The highest BCUT2D eigenvalue weighted by atomic mass is 16.4. The first kappa shape index (κ1) is 15.1. The predicted octanol–water partition coefficient (Wildman–Crippen LogP) is 2.71. The van der Waals surface area contributed by atoms with Crippen molar-refractivity contribution in [2.45, 2.75) is 19.4 Å². The normalized spacial score (nSPS) is 11.9. The maximum atomic E-state index is 11.3. The van der Waals surface area contributed by atoms with Crippen LogP contribution in [0, 0.1) is 6.92 Å². The molecule has 0 spiro atoms. The van der Waals surface area contributed by atoms with E-state index in [4.69, 9.17) is 0 Å². The van der Waals surface area contributed by atoms with Crippen molar-refractivity contribution in [1.82, 2.24) is 0 Å². The molecule has 0 fully saturated rings. The molecule has 2 aromatic carbocycles. The van der Waals surface area contributed by atoms with Crippen LogP contribution in [0.3, 0.4) is 0 Å². The van der Waals surface area contributed by atoms with Crippen molar-refractivity contribution in [3.8, 4) is 0 Å². The minimum atomic E-state index is -0.978. The van der Waals surface area contributed by atoms with Crippen molar-refractivity contribution in [3.05, 3.63) is 65.2 Å². The summed E-state index contributed by atoms with van der Waals surface area (Å²) in [5.74, 6) is -0.978. The second-order valence-electron chi connectivity index (χ2n) is 5.07. The van der Waals surface area contributed by atoms with E-state index in [0.717, 1.165) is 11.1 Å². The number of aromatic carboxylic acids is 1. The highest BCUT2D eigenvalue weighted by molar-refractivity contribution is 5.94. The quantitative estimate of drug-likeness (QED) is 0.763. The van der Waals surface area contributed by atoms with Gasteiger partial charge in [-0.2, -0.15) is 0 Å². The van der Waals surface area contributed by atoms with Gasteiger partial charge in [-0.1, -0.05) is 36.4 Å². The van der Waals surface area contributed by atoms with Gasteiger partial charge in [-0.25, -0.2) is 4.79 Å². The number of carbonyl (C=O) groups is 1. The SMILES string of the molecule is Cc1ccc(C(=O)O)c(NC(CO)Cc2ccccc2)c1. The van der Waals surface area contributed by atoms with Crippen LogP contribution in [-0.2, 0) is 6.42 Å². The summed E-state index contributed by atoms with van der Waals surface area (Å²) in [4.78, 5) is 11.3. The van der Waals surface area contributed by atoms with Crippen LogP contribution in [0.1, 0.15) is 21.5 Å². The van der Waals surface area contributed by atoms with Gasteiger partial charge in [0, 0.05) is 5.69 Å². The molecule has 0 heterocycles. The van der Waals surface area contributed by atoms with Crippen LogP contribution in [0.15, 0.2) is 48.5 Å². The summed E-state index contributed by atoms with van der Waals surface area (Å²) < 4.78 is 0. The number of hydrogen-bond acceptors (Lipinski definition) is 3. The number of rotatable bonds is 6. The number of anilines is 1. The Balaban J connectivity index is 2.18. The minimum absolute atomic E-state index is 0.0676. The lowest BCUT2D eigenvalue weighted by Crippen LogP contribution is -2.27. The third kappa shape index (κ3) is 4.07. The highest BCUT2D eigenvalue weighted by Crippen LogP contribution is 2.19. The minimum Gasteiger partial charge on any atom is -0.478 e. The van der Waals surface area contributed by atoms with Gasteiger partial charge in [0.2, 0.25) is 0 Å². The number of aliphatic hydroxyl groups is 1. The zero-order chi connectivity index (χ0) is 15.2. The van der Waals surface area contributed by atoms with E-state index in [1.165, 1.54) is 0 Å². The molecule has 3 N–H and O–H groups in total. The summed E-state index contributed by atoms with van der Waals surface area (Å²) in [6.07, 6.45) is 0.629. The fourth-order valence-electron chi connectivity index (χ4n) is 2.24. The van der Waals surface area contributed by atoms with Gasteiger partial charge in [-0.15, -0.1) is 0 Å². The van der Waals surface area contributed by atoms with E-state index in [2.05, 4.69) is 5.32 Å². The Bertz CT molecular complexity index is 611. The van der Waals surface area contributed by atoms with Gasteiger partial charge in [-0.3, -0.25) is 0 Å². The monoisotopic (exact) mass is 285 g/mol. The molecule has 0 amide bonds. The molecule has 0 aliphatic heterocycles. The Labute approximate surface area is 124 Å². The second-order valence-corrected chi connectivity index (χ2v) is 5.07. The molecule has 0 saturated heterocycles. The van der Waals surface area contributed by atoms with E-state index in [1.807, 2.05) is 37.3 Å². The molecule has 21 heavy (non-hydrogen) atoms. The first-order valence-electron chi connectivity index (χ1n) is 6.85. The number of benzene rings is 2. The average Bonchev–Trinajstić information content (AvgIpc) is 2.47. The maximum absolute atomic E-state index is 11.3. The average molecular weight is 285 g/mol. The number of aryl methyl sites for hydroxylation is 1. The van der Waals surface area contributed by atoms with Gasteiger partial charge in [0.05, 0.1) is 18.2 Å². The molecule has 4 nitrogen and oxygen atoms in total. The summed E-state index contributed by atoms with van der Waals surface area (Å²) in [5.41, 5.74) is 2.82. The highest BCUT2D eigenvalue weighted by Gasteiger charge is 2.14. The van der Waals surface area contributed by atoms with Crippen LogP contribution < -0.4 is 5.32 Å². The van der Waals surface area contributed by atoms with Gasteiger partial charge < -0.3 is 15.5 Å². The van der Waals surface area contributed by atoms with Crippen LogP contribution >= 0.6 is 0 Å². The lowest BCUT2D eigenvalue weighted by atomic mass is 10.0. The smallest absolute Gasteiger partial charge is 0.337 e. The van der Waals surface area contributed by atoms with Gasteiger partial charge >= 0.3 is 5.97 Å². The summed E-state index contributed by atoms with van der Waals surface area (Å²) in [6, 6.07) is 14.7. The van der Waals surface area contributed by atoms with Crippen molar-refractivity contribution in [2.24, 2.45) is 0 Å². The standard InChI is InChI=1S/C17H19NO3/c1-12-7-8-15(17(20)21)16(9-12)18-14(11-19)10-13-5-3-2-4-6-13/h2-9,14,18-19H,10-11H2,1H3,(H,20,21). The van der Waals surface area contributed by atoms with Gasteiger partial charge in [0.25, 0.3) is 0 Å². The van der Waals surface area contributed by atoms with Crippen molar-refractivity contribution >= 4 is 11.7 Å². The number of carboxylic acids is 1. The Morgan fingerprint density at radius 1 is 1.19 bits per heavy atom. The Morgan fingerprint density at radius 3 is 2.52 bits per heavy atom. The summed E-state index contributed by atoms with van der Waals surface area (Å²) in [6.45, 7) is 1.84. The molecule has 0 aliphatic rings. The topological polar surface area (TPSA) is 69.6 Å². The molecular formula is C17H19NO3. The summed E-state index contributed by atoms with van der Waals surface area (Å²) in [7, 11) is 0. The number of carboxylic acid groups (broad SMARTS) is 1. The molecule has 4 heteroatoms. The molecule has 1 atom stereocenters. The molecule has 2 aromatic rings. The van der Waals surface area contributed by atoms with Gasteiger partial charge in [0.15, 0.2) is 0 Å². The van der Waals surface area contributed by atoms with Crippen LogP contribution in [-0.4, -0.2) is 28.8 Å². The van der Waals surface area contributed by atoms with Crippen molar-refractivity contribution in [1.29, 1.82) is 0 Å². The summed E-state index contributed by atoms with van der Waals surface area (Å²) in [5, 5.41) is 21.9. The first-order chi connectivity index (χ1) is 10.1. The lowest BCUT2D eigenvalue weighted by molar-refractivity contribution is 0.0698. The summed E-state index contributed by atoms with van der Waals surface area (Å²) >= 11 is 0. The Kier molecular flexibility index (Phi) is 4.95. The molecule has 1 unspecified atom stereocenters. The van der Waals surface area contributed by atoms with Crippen LogP contribution in [0.25, 0.3) is 0 Å². The van der Waals surface area contributed by atoms with E-state index >= 15 is 0 Å². The molecule has 0 saturated carbocycles. The Hall–Kier alpha value is -2.33. The maximum Gasteiger partial charge on any atom is 0.337 e. The number of nitrogens with one attached hydrogen (secondary N) is 1. The largest absolute Gasteiger partial charge is 0.478 e. The van der Waals surface area contributed by atoms with Crippen LogP contribution in [0.2, 0.25) is 0 Å². The molecule has 110 valence electrons. The fourth-order valence-corrected chi connectivity index (χ4v) is 2.24. The zero-order valence-corrected chi connectivity index (χ0v) is 11.9. The second kappa shape index (κ2) is 6.90. The predicted molar refractivity (Wildman–Crippen MR) is 82.8 cm³/mol. The third-order valence-corrected chi connectivity index (χ3v) is 3.31. The van der Waals surface area contributed by atoms with Crippen molar-refractivity contribution in [3.63, 3.8) is 0 Å². The van der Waals surface area contributed by atoms with E-state index in [9.17, 15) is 15.0 Å². The van der Waals surface area contributed by atoms with E-state index in [-0.39, 0.29) is 18.2 Å². The number of aliphatic hydroxyl groups excluding tert-OH is 1. The molecular weight excluding hydrogens is 266 g/mol. The molecule has 0 aliphatic carbocycles. The third-order valence-electron chi connectivity index (χ3n) is 3.31. The van der Waals surface area contributed by atoms with Crippen molar-refractivity contribution < 1.29 is 15.0 Å². The lowest BCUT2D eigenvalue weighted by Gasteiger charge is -2.19. The molecule has 0 aromatic heterocycles. The molecule has 2 rings (SSSR count). The fraction of sp³-hybridized carbons (Fsp3) is 0.235. The zero-order valence-electron chi connectivity index (χ0n) is 11.9. The van der Waals surface area contributed by atoms with E-state index in [0.29, 0.717) is 12.1 Å². The van der Waals surface area contributed by atoms with Gasteiger partial charge in [0.1, 0.15) is 0 Å². The van der Waals surface area contributed by atoms with Crippen LogP contribution in [0.4, 0.5) is 5.69 Å². The first-order valence-corrected chi connectivity index (χ1v) is 6.85. The molecule has 0 bridgehead atoms. The van der Waals surface area contributed by atoms with E-state index < -0.39 is 5.97 Å².